The predicted octanol–water partition coefficient (Wildman–Crippen LogP) is 4.40. The largest absolute Gasteiger partial charge is 0.505 e. The SMILES string of the molecule is CCOC(=O)C1=C(Nc2cccc(C(=O)N(C)C)c2O)C(=N[C@H](CC)c2ccc(C)o2)NS1(=O)=O.CCOC(=O)C1=C(Nc2cccc(C(=O)N(C)C)c2O)C(=O)NS1(=O)=O.CC[C@@H](N)c1ccc(C)o1. The Labute approximate surface area is 410 Å². The molecule has 0 aliphatic carbocycles. The molecular formula is C46H58N8O15S2. The number of hydrogen-bond donors (Lipinski definition) is 7. The highest BCUT2D eigenvalue weighted by atomic mass is 32.2. The van der Waals surface area contributed by atoms with E-state index >= 15 is 0 Å². The molecule has 4 heterocycles. The number of esters is 2. The highest BCUT2D eigenvalue weighted by Crippen LogP contribution is 2.35. The molecule has 0 saturated heterocycles. The molecule has 2 atom stereocenters. The van der Waals surface area contributed by atoms with Crippen LogP contribution in [0.25, 0.3) is 0 Å². The summed E-state index contributed by atoms with van der Waals surface area (Å²) in [6, 6.07) is 15.3. The lowest BCUT2D eigenvalue weighted by Gasteiger charge is -2.16. The molecule has 0 unspecified atom stereocenters. The predicted molar refractivity (Wildman–Crippen MR) is 261 cm³/mol. The van der Waals surface area contributed by atoms with Crippen LogP contribution < -0.4 is 25.8 Å². The first-order valence-electron chi connectivity index (χ1n) is 21.8. The minimum Gasteiger partial charge on any atom is -0.505 e. The van der Waals surface area contributed by atoms with E-state index < -0.39 is 82.8 Å². The summed E-state index contributed by atoms with van der Waals surface area (Å²) in [4.78, 5) is 66.5. The topological polar surface area (TPSA) is 332 Å². The average Bonchev–Trinajstić information content (AvgIpc) is 4.06. The maximum absolute atomic E-state index is 12.9. The molecule has 3 amide bonds. The van der Waals surface area contributed by atoms with Gasteiger partial charge in [-0.05, 0) is 89.1 Å². The zero-order chi connectivity index (χ0) is 53.1. The number of amides is 3. The number of nitrogens with two attached hydrogens (primary N) is 1. The number of carbonyl (C=O) groups excluding carboxylic acids is 5. The van der Waals surface area contributed by atoms with Gasteiger partial charge in [0.25, 0.3) is 37.8 Å². The smallest absolute Gasteiger partial charge is 0.354 e. The number of carbonyl (C=O) groups is 5. The quantitative estimate of drug-likeness (QED) is 0.0641. The van der Waals surface area contributed by atoms with E-state index in [-0.39, 0.29) is 53.3 Å². The molecule has 2 aromatic heterocycles. The summed E-state index contributed by atoms with van der Waals surface area (Å²) in [6.07, 6.45) is 1.39. The number of hydrogen-bond acceptors (Lipinski definition) is 19. The van der Waals surface area contributed by atoms with E-state index in [0.717, 1.165) is 17.9 Å². The van der Waals surface area contributed by atoms with Crippen LogP contribution >= 0.6 is 0 Å². The minimum absolute atomic E-state index is 0.00277. The van der Waals surface area contributed by atoms with Crippen LogP contribution in [0.1, 0.15) is 96.4 Å². The molecule has 0 radical (unpaired) electrons. The second-order valence-corrected chi connectivity index (χ2v) is 19.0. The van der Waals surface area contributed by atoms with Crippen LogP contribution in [0.2, 0.25) is 0 Å². The van der Waals surface area contributed by atoms with Crippen LogP contribution in [0.4, 0.5) is 11.4 Å². The number of nitrogens with zero attached hydrogens (tertiary/aromatic N) is 3. The number of phenols is 2. The van der Waals surface area contributed by atoms with Crippen molar-refractivity contribution in [2.75, 3.05) is 52.0 Å². The van der Waals surface area contributed by atoms with Crippen molar-refractivity contribution in [3.05, 3.63) is 116 Å². The Kier molecular flexibility index (Phi) is 18.7. The number of aromatic hydroxyl groups is 2. The molecule has 25 heteroatoms. The number of aliphatic imine (C=N–C) groups is 1. The van der Waals surface area contributed by atoms with Crippen molar-refractivity contribution >= 4 is 66.9 Å². The molecule has 0 bridgehead atoms. The van der Waals surface area contributed by atoms with Crippen molar-refractivity contribution in [3.8, 4) is 11.5 Å². The lowest BCUT2D eigenvalue weighted by atomic mass is 10.1. The average molecular weight is 1030 g/mol. The van der Waals surface area contributed by atoms with Gasteiger partial charge in [-0.1, -0.05) is 26.0 Å². The zero-order valence-corrected chi connectivity index (χ0v) is 42.3. The third kappa shape index (κ3) is 13.4. The standard InChI is InChI=1S/C23H28N4O7S.C15H17N3O7S.C8H13NO/c1-6-15(17-12-11-13(3)34-17)25-21-18(20(23(30)33-7-2)35(31,32)26-21)24-16-10-8-9-14(19(16)28)22(29)27(4)5;1-4-25-15(22)12-10(13(20)17-26(12,23)24)16-9-7-5-6-8(11(9)19)14(21)18(2)3;1-3-7(9)8-5-4-6(2)10-8/h8-12,15,24,28H,6-7H2,1-5H3,(H,25,26);5-7,16,19H,4H2,1-3H3,(H,17,20);4-5,7H,3,9H2,1-2H3/t15-;;7-/m1.1/s1. The highest BCUT2D eigenvalue weighted by Gasteiger charge is 2.43. The van der Waals surface area contributed by atoms with Crippen molar-refractivity contribution < 1.29 is 69.3 Å². The van der Waals surface area contributed by atoms with E-state index in [9.17, 15) is 51.0 Å². The molecule has 2 aromatic carbocycles. The van der Waals surface area contributed by atoms with E-state index in [4.69, 9.17) is 19.3 Å². The summed E-state index contributed by atoms with van der Waals surface area (Å²) in [7, 11) is -2.70. The van der Waals surface area contributed by atoms with Gasteiger partial charge in [0.1, 0.15) is 40.5 Å². The summed E-state index contributed by atoms with van der Waals surface area (Å²) in [5.74, 6) is -2.43. The van der Waals surface area contributed by atoms with Crippen LogP contribution in [0.5, 0.6) is 11.5 Å². The van der Waals surface area contributed by atoms with E-state index in [1.807, 2.05) is 32.9 Å². The molecule has 2 aliphatic rings. The highest BCUT2D eigenvalue weighted by molar-refractivity contribution is 7.95. The summed E-state index contributed by atoms with van der Waals surface area (Å²) in [5, 5.41) is 26.2. The van der Waals surface area contributed by atoms with Crippen molar-refractivity contribution in [1.29, 1.82) is 0 Å². The molecule has 2 aliphatic heterocycles. The number of amidine groups is 1. The van der Waals surface area contributed by atoms with Gasteiger partial charge in [-0.2, -0.15) is 0 Å². The number of ether oxygens (including phenoxy) is 2. The fraction of sp³-hybridized carbons (Fsp3) is 0.348. The Hall–Kier alpha value is -7.64. The van der Waals surface area contributed by atoms with Crippen molar-refractivity contribution in [2.45, 2.75) is 66.5 Å². The molecule has 384 valence electrons. The van der Waals surface area contributed by atoms with Crippen LogP contribution in [-0.4, -0.2) is 114 Å². The van der Waals surface area contributed by atoms with E-state index in [1.54, 1.807) is 30.7 Å². The van der Waals surface area contributed by atoms with Crippen LogP contribution in [0.15, 0.2) is 95.7 Å². The van der Waals surface area contributed by atoms with Gasteiger partial charge >= 0.3 is 11.9 Å². The van der Waals surface area contributed by atoms with Gasteiger partial charge in [0.2, 0.25) is 4.91 Å². The van der Waals surface area contributed by atoms with Gasteiger partial charge in [-0.3, -0.25) is 24.1 Å². The molecule has 71 heavy (non-hydrogen) atoms. The van der Waals surface area contributed by atoms with Crippen molar-refractivity contribution in [2.24, 2.45) is 10.7 Å². The zero-order valence-electron chi connectivity index (χ0n) is 40.7. The molecule has 4 aromatic rings. The van der Waals surface area contributed by atoms with E-state index in [1.165, 1.54) is 81.3 Å². The van der Waals surface area contributed by atoms with Crippen LogP contribution in [0.3, 0.4) is 0 Å². The summed E-state index contributed by atoms with van der Waals surface area (Å²) < 4.78 is 74.4. The monoisotopic (exact) mass is 1030 g/mol. The Morgan fingerprint density at radius 1 is 0.676 bits per heavy atom. The number of furan rings is 2. The summed E-state index contributed by atoms with van der Waals surface area (Å²) in [6.45, 7) is 10.5. The number of aryl methyl sites for hydroxylation is 2. The van der Waals surface area contributed by atoms with Gasteiger partial charge in [-0.15, -0.1) is 0 Å². The molecule has 23 nitrogen and oxygen atoms in total. The number of phenolic OH excluding ortho intramolecular Hbond substituents is 2. The number of sulfonamides is 2. The lowest BCUT2D eigenvalue weighted by molar-refractivity contribution is -0.138. The summed E-state index contributed by atoms with van der Waals surface area (Å²) in [5.41, 5.74) is 4.70. The Morgan fingerprint density at radius 2 is 1.11 bits per heavy atom. The van der Waals surface area contributed by atoms with Crippen molar-refractivity contribution in [1.82, 2.24) is 19.2 Å². The third-order valence-electron chi connectivity index (χ3n) is 10.0. The van der Waals surface area contributed by atoms with Gasteiger partial charge in [0, 0.05) is 28.2 Å². The van der Waals surface area contributed by atoms with E-state index in [2.05, 4.69) is 25.1 Å². The number of nitrogens with one attached hydrogen (secondary N) is 4. The molecule has 0 saturated carbocycles. The molecule has 8 N–H and O–H groups in total. The minimum atomic E-state index is -4.39. The first-order valence-corrected chi connectivity index (χ1v) is 24.8. The maximum atomic E-state index is 12.9. The molecular weight excluding hydrogens is 969 g/mol. The maximum Gasteiger partial charge on any atom is 0.354 e. The van der Waals surface area contributed by atoms with Gasteiger partial charge in [0.05, 0.1) is 41.8 Å². The first-order chi connectivity index (χ1) is 33.3. The molecule has 0 fully saturated rings. The van der Waals surface area contributed by atoms with E-state index in [0.29, 0.717) is 17.9 Å². The number of benzene rings is 2. The van der Waals surface area contributed by atoms with Gasteiger partial charge < -0.3 is 54.7 Å². The Bertz CT molecular complexity index is 2990. The number of anilines is 2. The number of para-hydroxylation sites is 2. The Morgan fingerprint density at radius 3 is 1.52 bits per heavy atom. The third-order valence-corrected chi connectivity index (χ3v) is 12.8. The van der Waals surface area contributed by atoms with Gasteiger partial charge in [-0.25, -0.2) is 31.1 Å². The second kappa shape index (κ2) is 23.8. The van der Waals surface area contributed by atoms with Crippen LogP contribution in [-0.2, 0) is 43.9 Å². The Balaban J connectivity index is 0.000000265. The van der Waals surface area contributed by atoms with Crippen LogP contribution in [0, 0.1) is 13.8 Å². The summed E-state index contributed by atoms with van der Waals surface area (Å²) >= 11 is 0. The lowest BCUT2D eigenvalue weighted by Crippen LogP contribution is -2.27. The fourth-order valence-corrected chi connectivity index (χ4v) is 8.80. The van der Waals surface area contributed by atoms with Gasteiger partial charge in [0.15, 0.2) is 22.2 Å². The molecule has 0 spiro atoms. The first kappa shape index (κ1) is 56.0. The fourth-order valence-electron chi connectivity index (χ4n) is 6.45. The normalized spacial score (nSPS) is 15.8. The number of rotatable bonds is 15. The molecule has 6 rings (SSSR count). The van der Waals surface area contributed by atoms with Crippen molar-refractivity contribution in [3.63, 3.8) is 0 Å². The second-order valence-electron chi connectivity index (χ2n) is 15.8.